The highest BCUT2D eigenvalue weighted by Gasteiger charge is 2.26. The molecule has 3 aromatic carbocycles. The topological polar surface area (TPSA) is 112 Å². The Balaban J connectivity index is 1.68. The van der Waals surface area contributed by atoms with Gasteiger partial charge in [0.1, 0.15) is 11.6 Å². The minimum Gasteiger partial charge on any atom is -0.467 e. The number of hydrogen-bond acceptors (Lipinski definition) is 6. The van der Waals surface area contributed by atoms with E-state index < -0.39 is 23.5 Å². The highest BCUT2D eigenvalue weighted by atomic mass is 35.5. The fourth-order valence-corrected chi connectivity index (χ4v) is 5.24. The van der Waals surface area contributed by atoms with Crippen LogP contribution in [-0.4, -0.2) is 40.7 Å². The SMILES string of the molecule is COC(=O)[C@H](Cc1ccc(-c2ccc(C#N)cc2Cl)c2ncccc12)NC(=O)c1c(Cl)cc(C#CC(C)(C)O)cc1Cl. The van der Waals surface area contributed by atoms with Crippen molar-refractivity contribution in [2.45, 2.75) is 31.9 Å². The van der Waals surface area contributed by atoms with Crippen molar-refractivity contribution in [1.82, 2.24) is 10.3 Å². The lowest BCUT2D eigenvalue weighted by molar-refractivity contribution is -0.142. The number of pyridine rings is 1. The fourth-order valence-electron chi connectivity index (χ4n) is 4.30. The van der Waals surface area contributed by atoms with Gasteiger partial charge in [-0.05, 0) is 49.7 Å². The number of hydrogen-bond donors (Lipinski definition) is 2. The number of nitrogens with zero attached hydrogens (tertiary/aromatic N) is 2. The summed E-state index contributed by atoms with van der Waals surface area (Å²) >= 11 is 19.3. The van der Waals surface area contributed by atoms with Gasteiger partial charge in [0.15, 0.2) is 0 Å². The van der Waals surface area contributed by atoms with Crippen molar-refractivity contribution >= 4 is 57.6 Å². The van der Waals surface area contributed by atoms with Gasteiger partial charge in [0.05, 0.1) is 39.9 Å². The summed E-state index contributed by atoms with van der Waals surface area (Å²) in [7, 11) is 1.23. The average Bonchev–Trinajstić information content (AvgIpc) is 2.95. The maximum absolute atomic E-state index is 13.3. The van der Waals surface area contributed by atoms with Crippen molar-refractivity contribution < 1.29 is 19.4 Å². The van der Waals surface area contributed by atoms with Gasteiger partial charge in [-0.2, -0.15) is 5.26 Å². The van der Waals surface area contributed by atoms with Crippen molar-refractivity contribution in [1.29, 1.82) is 5.26 Å². The van der Waals surface area contributed by atoms with Crippen LogP contribution in [0.4, 0.5) is 0 Å². The zero-order valence-corrected chi connectivity index (χ0v) is 25.0. The largest absolute Gasteiger partial charge is 0.467 e. The van der Waals surface area contributed by atoms with Crippen LogP contribution in [0.5, 0.6) is 0 Å². The third kappa shape index (κ3) is 7.02. The van der Waals surface area contributed by atoms with E-state index in [1.165, 1.54) is 33.1 Å². The molecule has 7 nitrogen and oxygen atoms in total. The normalized spacial score (nSPS) is 11.7. The number of fused-ring (bicyclic) bond motifs is 1. The lowest BCUT2D eigenvalue weighted by atomic mass is 9.94. The van der Waals surface area contributed by atoms with E-state index in [4.69, 9.17) is 39.5 Å². The molecule has 212 valence electrons. The number of nitriles is 1. The summed E-state index contributed by atoms with van der Waals surface area (Å²) in [4.78, 5) is 30.7. The summed E-state index contributed by atoms with van der Waals surface area (Å²) in [6, 6.07) is 16.2. The molecule has 1 aromatic heterocycles. The summed E-state index contributed by atoms with van der Waals surface area (Å²) in [6.07, 6.45) is 1.72. The third-order valence-electron chi connectivity index (χ3n) is 6.25. The molecule has 0 saturated carbocycles. The third-order valence-corrected chi connectivity index (χ3v) is 7.15. The Kier molecular flexibility index (Phi) is 9.41. The number of aromatic nitrogens is 1. The molecule has 42 heavy (non-hydrogen) atoms. The van der Waals surface area contributed by atoms with Gasteiger partial charge in [-0.15, -0.1) is 0 Å². The number of aliphatic hydroxyl groups is 1. The molecule has 0 aliphatic rings. The van der Waals surface area contributed by atoms with Crippen LogP contribution in [-0.2, 0) is 16.0 Å². The molecule has 0 aliphatic carbocycles. The minimum absolute atomic E-state index is 0.0293. The van der Waals surface area contributed by atoms with Crippen LogP contribution in [0, 0.1) is 23.2 Å². The lowest BCUT2D eigenvalue weighted by Crippen LogP contribution is -2.43. The van der Waals surface area contributed by atoms with E-state index in [-0.39, 0.29) is 22.0 Å². The predicted octanol–water partition coefficient (Wildman–Crippen LogP) is 6.37. The minimum atomic E-state index is -1.23. The molecular weight excluding hydrogens is 597 g/mol. The molecule has 10 heteroatoms. The summed E-state index contributed by atoms with van der Waals surface area (Å²) in [6.45, 7) is 3.07. The molecule has 0 saturated heterocycles. The van der Waals surface area contributed by atoms with Crippen LogP contribution >= 0.6 is 34.8 Å². The summed E-state index contributed by atoms with van der Waals surface area (Å²) in [5.41, 5.74) is 2.38. The zero-order chi connectivity index (χ0) is 30.6. The molecule has 0 unspecified atom stereocenters. The van der Waals surface area contributed by atoms with Crippen LogP contribution in [0.3, 0.4) is 0 Å². The molecule has 0 spiro atoms. The van der Waals surface area contributed by atoms with Gasteiger partial charge < -0.3 is 15.2 Å². The van der Waals surface area contributed by atoms with Gasteiger partial charge in [-0.1, -0.05) is 70.9 Å². The molecular formula is C32H24Cl3N3O4. The Morgan fingerprint density at radius 1 is 1.02 bits per heavy atom. The van der Waals surface area contributed by atoms with E-state index in [2.05, 4.69) is 28.2 Å². The van der Waals surface area contributed by atoms with Crippen molar-refractivity contribution in [3.63, 3.8) is 0 Å². The van der Waals surface area contributed by atoms with Crippen LogP contribution in [0.25, 0.3) is 22.0 Å². The number of halogens is 3. The smallest absolute Gasteiger partial charge is 0.328 e. The molecule has 0 aliphatic heterocycles. The first-order valence-corrected chi connectivity index (χ1v) is 13.7. The number of benzene rings is 3. The first-order valence-electron chi connectivity index (χ1n) is 12.6. The van der Waals surface area contributed by atoms with Gasteiger partial charge >= 0.3 is 5.97 Å². The number of carbonyl (C=O) groups excluding carboxylic acids is 2. The maximum Gasteiger partial charge on any atom is 0.328 e. The van der Waals surface area contributed by atoms with E-state index in [1.54, 1.807) is 30.5 Å². The molecule has 1 atom stereocenters. The second kappa shape index (κ2) is 12.8. The predicted molar refractivity (Wildman–Crippen MR) is 164 cm³/mol. The average molecular weight is 621 g/mol. The Labute approximate surface area is 258 Å². The molecule has 0 bridgehead atoms. The molecule has 1 amide bonds. The van der Waals surface area contributed by atoms with Crippen molar-refractivity contribution in [3.8, 4) is 29.0 Å². The molecule has 4 aromatic rings. The van der Waals surface area contributed by atoms with Gasteiger partial charge in [-0.25, -0.2) is 4.79 Å². The summed E-state index contributed by atoms with van der Waals surface area (Å²) in [5, 5.41) is 22.9. The van der Waals surface area contributed by atoms with Crippen LogP contribution in [0.15, 0.2) is 60.8 Å². The number of methoxy groups -OCH3 is 1. The fraction of sp³-hybridized carbons (Fsp3) is 0.188. The molecule has 0 fully saturated rings. The maximum atomic E-state index is 13.3. The molecule has 2 N–H and O–H groups in total. The van der Waals surface area contributed by atoms with Gasteiger partial charge in [-0.3, -0.25) is 9.78 Å². The van der Waals surface area contributed by atoms with E-state index in [0.717, 1.165) is 16.5 Å². The highest BCUT2D eigenvalue weighted by molar-refractivity contribution is 6.40. The van der Waals surface area contributed by atoms with E-state index in [0.29, 0.717) is 27.2 Å². The zero-order valence-electron chi connectivity index (χ0n) is 22.8. The van der Waals surface area contributed by atoms with Crippen molar-refractivity contribution in [2.75, 3.05) is 7.11 Å². The highest BCUT2D eigenvalue weighted by Crippen LogP contribution is 2.35. The number of nitrogens with one attached hydrogen (secondary N) is 1. The molecule has 0 radical (unpaired) electrons. The number of carbonyl (C=O) groups is 2. The standard InChI is InChI=1S/C32H24Cl3N3O4/c1-32(2,41)11-10-18-13-25(34)28(26(35)14-18)30(39)38-27(31(40)42-3)16-20-7-9-23(29-21(20)5-4-12-37-29)22-8-6-19(17-36)15-24(22)33/h4-9,12-15,27,41H,16H2,1-3H3,(H,38,39)/t27-/m0/s1. The van der Waals surface area contributed by atoms with Crippen LogP contribution in [0.2, 0.25) is 15.1 Å². The van der Waals surface area contributed by atoms with Gasteiger partial charge in [0.25, 0.3) is 5.91 Å². The second-order valence-corrected chi connectivity index (χ2v) is 11.1. The summed E-state index contributed by atoms with van der Waals surface area (Å²) < 4.78 is 4.99. The number of rotatable bonds is 6. The first kappa shape index (κ1) is 30.8. The van der Waals surface area contributed by atoms with Gasteiger partial charge in [0, 0.05) is 39.7 Å². The Morgan fingerprint density at radius 2 is 1.69 bits per heavy atom. The lowest BCUT2D eigenvalue weighted by Gasteiger charge is -2.19. The van der Waals surface area contributed by atoms with Crippen LogP contribution < -0.4 is 5.32 Å². The molecule has 4 rings (SSSR count). The number of amides is 1. The Morgan fingerprint density at radius 3 is 2.31 bits per heavy atom. The Hall–Kier alpha value is -4.11. The Bertz CT molecular complexity index is 1790. The van der Waals surface area contributed by atoms with Crippen molar-refractivity contribution in [2.24, 2.45) is 0 Å². The monoisotopic (exact) mass is 619 g/mol. The van der Waals surface area contributed by atoms with Gasteiger partial charge in [0.2, 0.25) is 0 Å². The van der Waals surface area contributed by atoms with Crippen LogP contribution in [0.1, 0.15) is 40.9 Å². The van der Waals surface area contributed by atoms with Crippen molar-refractivity contribution in [3.05, 3.63) is 98.1 Å². The van der Waals surface area contributed by atoms with E-state index in [1.807, 2.05) is 18.2 Å². The van der Waals surface area contributed by atoms with E-state index in [9.17, 15) is 20.0 Å². The molecule has 1 heterocycles. The first-order chi connectivity index (χ1) is 19.9. The number of ether oxygens (including phenoxy) is 1. The second-order valence-electron chi connectivity index (χ2n) is 9.86. The summed E-state index contributed by atoms with van der Waals surface area (Å²) in [5.74, 6) is 4.09. The van der Waals surface area contributed by atoms with E-state index >= 15 is 0 Å². The quantitative estimate of drug-likeness (QED) is 0.191. The number of esters is 1.